The van der Waals surface area contributed by atoms with E-state index >= 15 is 0 Å². The molecular formula is C17H28N2O. The highest BCUT2D eigenvalue weighted by Gasteiger charge is 2.24. The van der Waals surface area contributed by atoms with E-state index in [4.69, 9.17) is 4.74 Å². The lowest BCUT2D eigenvalue weighted by molar-refractivity contribution is 0.154. The van der Waals surface area contributed by atoms with E-state index in [0.29, 0.717) is 6.04 Å². The van der Waals surface area contributed by atoms with Gasteiger partial charge >= 0.3 is 0 Å². The lowest BCUT2D eigenvalue weighted by Gasteiger charge is -2.32. The number of para-hydroxylation sites is 1. The Morgan fingerprint density at radius 3 is 2.80 bits per heavy atom. The largest absolute Gasteiger partial charge is 0.492 e. The van der Waals surface area contributed by atoms with Crippen molar-refractivity contribution in [3.8, 4) is 5.75 Å². The molecule has 3 nitrogen and oxygen atoms in total. The minimum Gasteiger partial charge on any atom is -0.492 e. The fourth-order valence-corrected chi connectivity index (χ4v) is 2.66. The summed E-state index contributed by atoms with van der Waals surface area (Å²) in [5, 5.41) is 3.55. The number of nitrogens with zero attached hydrogens (tertiary/aromatic N) is 1. The Bertz CT molecular complexity index is 429. The maximum Gasteiger partial charge on any atom is 0.123 e. The van der Waals surface area contributed by atoms with Crippen molar-refractivity contribution < 1.29 is 4.74 Å². The molecule has 20 heavy (non-hydrogen) atoms. The molecule has 1 aliphatic heterocycles. The van der Waals surface area contributed by atoms with Crippen molar-refractivity contribution in [2.75, 3.05) is 26.2 Å². The molecule has 1 aliphatic rings. The molecule has 0 fully saturated rings. The topological polar surface area (TPSA) is 24.5 Å². The summed E-state index contributed by atoms with van der Waals surface area (Å²) in [4.78, 5) is 2.51. The molecule has 0 aliphatic carbocycles. The molecule has 0 atom stereocenters. The van der Waals surface area contributed by atoms with Gasteiger partial charge in [0.05, 0.1) is 0 Å². The van der Waals surface area contributed by atoms with Gasteiger partial charge in [0, 0.05) is 37.8 Å². The Morgan fingerprint density at radius 2 is 2.05 bits per heavy atom. The molecule has 1 heterocycles. The third-order valence-corrected chi connectivity index (χ3v) is 3.67. The summed E-state index contributed by atoms with van der Waals surface area (Å²) in [6.07, 6.45) is 0. The Labute approximate surface area is 123 Å². The van der Waals surface area contributed by atoms with Crippen LogP contribution in [0.2, 0.25) is 0 Å². The molecule has 0 spiro atoms. The van der Waals surface area contributed by atoms with Gasteiger partial charge in [-0.3, -0.25) is 4.90 Å². The summed E-state index contributed by atoms with van der Waals surface area (Å²) < 4.78 is 5.83. The Kier molecular flexibility index (Phi) is 5.06. The van der Waals surface area contributed by atoms with Crippen LogP contribution in [0.3, 0.4) is 0 Å². The molecule has 1 N–H and O–H groups in total. The highest BCUT2D eigenvalue weighted by Crippen LogP contribution is 2.25. The molecule has 0 radical (unpaired) electrons. The average Bonchev–Trinajstić information content (AvgIpc) is 2.57. The number of rotatable bonds is 5. The number of ether oxygens (including phenoxy) is 1. The Hall–Kier alpha value is -1.06. The van der Waals surface area contributed by atoms with E-state index in [9.17, 15) is 0 Å². The summed E-state index contributed by atoms with van der Waals surface area (Å²) in [6.45, 7) is 14.0. The zero-order valence-electron chi connectivity index (χ0n) is 13.3. The Morgan fingerprint density at radius 1 is 1.30 bits per heavy atom. The minimum absolute atomic E-state index is 0.267. The molecule has 0 bridgehead atoms. The van der Waals surface area contributed by atoms with E-state index in [1.165, 1.54) is 5.56 Å². The van der Waals surface area contributed by atoms with Crippen molar-refractivity contribution in [3.05, 3.63) is 29.8 Å². The van der Waals surface area contributed by atoms with Crippen LogP contribution in [0.25, 0.3) is 0 Å². The average molecular weight is 276 g/mol. The van der Waals surface area contributed by atoms with E-state index in [2.05, 4.69) is 56.1 Å². The van der Waals surface area contributed by atoms with Gasteiger partial charge in [-0.1, -0.05) is 45.9 Å². The fraction of sp³-hybridized carbons (Fsp3) is 0.647. The first-order chi connectivity index (χ1) is 9.46. The normalized spacial score (nSPS) is 16.6. The van der Waals surface area contributed by atoms with Crippen molar-refractivity contribution >= 4 is 0 Å². The molecule has 0 unspecified atom stereocenters. The zero-order chi connectivity index (χ0) is 14.6. The number of hydrogen-bond donors (Lipinski definition) is 1. The maximum absolute atomic E-state index is 5.83. The monoisotopic (exact) mass is 276 g/mol. The van der Waals surface area contributed by atoms with Crippen molar-refractivity contribution in [3.63, 3.8) is 0 Å². The third-order valence-electron chi connectivity index (χ3n) is 3.67. The van der Waals surface area contributed by atoms with E-state index in [1.807, 2.05) is 6.07 Å². The summed E-state index contributed by atoms with van der Waals surface area (Å²) in [5.41, 5.74) is 1.57. The van der Waals surface area contributed by atoms with E-state index < -0.39 is 0 Å². The molecule has 3 heteroatoms. The van der Waals surface area contributed by atoms with Gasteiger partial charge in [-0.05, 0) is 11.5 Å². The van der Waals surface area contributed by atoms with Gasteiger partial charge in [0.1, 0.15) is 12.4 Å². The van der Waals surface area contributed by atoms with Crippen LogP contribution in [0, 0.1) is 5.41 Å². The first-order valence-electron chi connectivity index (χ1n) is 7.63. The predicted molar refractivity (Wildman–Crippen MR) is 84.1 cm³/mol. The standard InChI is InChI=1S/C17H28N2O/c1-14(2)18-12-17(3,4)13-19-9-10-20-16-8-6-5-7-15(16)11-19/h5-8,14,18H,9-13H2,1-4H3. The molecule has 0 saturated carbocycles. The summed E-state index contributed by atoms with van der Waals surface area (Å²) in [7, 11) is 0. The van der Waals surface area contributed by atoms with Crippen LogP contribution in [0.4, 0.5) is 0 Å². The van der Waals surface area contributed by atoms with Crippen LogP contribution in [-0.4, -0.2) is 37.2 Å². The molecule has 0 amide bonds. The second-order valence-electron chi connectivity index (χ2n) is 6.87. The first-order valence-corrected chi connectivity index (χ1v) is 7.63. The first kappa shape index (κ1) is 15.3. The summed E-state index contributed by atoms with van der Waals surface area (Å²) in [5.74, 6) is 1.05. The van der Waals surface area contributed by atoms with Crippen LogP contribution in [0.5, 0.6) is 5.75 Å². The second kappa shape index (κ2) is 6.59. The molecule has 1 aromatic rings. The van der Waals surface area contributed by atoms with Gasteiger partial charge in [0.15, 0.2) is 0 Å². The molecule has 2 rings (SSSR count). The van der Waals surface area contributed by atoms with Crippen molar-refractivity contribution in [1.82, 2.24) is 10.2 Å². The van der Waals surface area contributed by atoms with E-state index in [-0.39, 0.29) is 5.41 Å². The third kappa shape index (κ3) is 4.50. The van der Waals surface area contributed by atoms with Gasteiger partial charge in [-0.25, -0.2) is 0 Å². The molecule has 0 aromatic heterocycles. The van der Waals surface area contributed by atoms with Gasteiger partial charge < -0.3 is 10.1 Å². The van der Waals surface area contributed by atoms with Crippen molar-refractivity contribution in [2.24, 2.45) is 5.41 Å². The minimum atomic E-state index is 0.267. The van der Waals surface area contributed by atoms with Crippen LogP contribution < -0.4 is 10.1 Å². The number of fused-ring (bicyclic) bond motifs is 1. The Balaban J connectivity index is 1.96. The highest BCUT2D eigenvalue weighted by molar-refractivity contribution is 5.33. The summed E-state index contributed by atoms with van der Waals surface area (Å²) >= 11 is 0. The molecule has 112 valence electrons. The van der Waals surface area contributed by atoms with Crippen LogP contribution >= 0.6 is 0 Å². The summed E-state index contributed by atoms with van der Waals surface area (Å²) in [6, 6.07) is 8.93. The van der Waals surface area contributed by atoms with E-state index in [1.54, 1.807) is 0 Å². The van der Waals surface area contributed by atoms with Crippen molar-refractivity contribution in [2.45, 2.75) is 40.3 Å². The molecular weight excluding hydrogens is 248 g/mol. The number of hydrogen-bond acceptors (Lipinski definition) is 3. The van der Waals surface area contributed by atoms with E-state index in [0.717, 1.165) is 38.5 Å². The lowest BCUT2D eigenvalue weighted by atomic mass is 9.92. The highest BCUT2D eigenvalue weighted by atomic mass is 16.5. The van der Waals surface area contributed by atoms with Gasteiger partial charge in [0.2, 0.25) is 0 Å². The smallest absolute Gasteiger partial charge is 0.123 e. The van der Waals surface area contributed by atoms with Crippen LogP contribution in [-0.2, 0) is 6.54 Å². The quantitative estimate of drug-likeness (QED) is 0.895. The maximum atomic E-state index is 5.83. The van der Waals surface area contributed by atoms with Gasteiger partial charge in [-0.2, -0.15) is 0 Å². The van der Waals surface area contributed by atoms with Crippen LogP contribution in [0.15, 0.2) is 24.3 Å². The SMILES string of the molecule is CC(C)NCC(C)(C)CN1CCOc2ccccc2C1. The zero-order valence-corrected chi connectivity index (χ0v) is 13.3. The number of benzene rings is 1. The van der Waals surface area contributed by atoms with Gasteiger partial charge in [0.25, 0.3) is 0 Å². The van der Waals surface area contributed by atoms with Crippen LogP contribution in [0.1, 0.15) is 33.3 Å². The number of nitrogens with one attached hydrogen (secondary N) is 1. The second-order valence-corrected chi connectivity index (χ2v) is 6.87. The molecule has 1 aromatic carbocycles. The fourth-order valence-electron chi connectivity index (χ4n) is 2.66. The van der Waals surface area contributed by atoms with Crippen molar-refractivity contribution in [1.29, 1.82) is 0 Å². The van der Waals surface area contributed by atoms with Gasteiger partial charge in [-0.15, -0.1) is 0 Å². The molecule has 0 saturated heterocycles. The predicted octanol–water partition coefficient (Wildman–Crippen LogP) is 2.91. The lowest BCUT2D eigenvalue weighted by Crippen LogP contribution is -2.42.